The lowest BCUT2D eigenvalue weighted by molar-refractivity contribution is -0.0509. The van der Waals surface area contributed by atoms with Crippen LogP contribution in [0.25, 0.3) is 0 Å². The lowest BCUT2D eigenvalue weighted by Gasteiger charge is -2.19. The molecule has 0 aromatic heterocycles. The Bertz CT molecular complexity index is 205. The number of ether oxygens (including phenoxy) is 3. The molecule has 0 amide bonds. The van der Waals surface area contributed by atoms with Crippen molar-refractivity contribution in [2.45, 2.75) is 44.3 Å². The zero-order valence-corrected chi connectivity index (χ0v) is 11.2. The quantitative estimate of drug-likeness (QED) is 0.522. The van der Waals surface area contributed by atoms with Gasteiger partial charge in [-0.25, -0.2) is 0 Å². The van der Waals surface area contributed by atoms with Crippen molar-refractivity contribution < 1.29 is 19.3 Å². The van der Waals surface area contributed by atoms with E-state index in [1.54, 1.807) is 11.8 Å². The normalized spacial score (nSPS) is 34.8. The van der Waals surface area contributed by atoms with Crippen LogP contribution in [-0.2, 0) is 14.2 Å². The Morgan fingerprint density at radius 3 is 2.75 bits per heavy atom. The monoisotopic (exact) mass is 248 g/mol. The van der Waals surface area contributed by atoms with E-state index in [4.69, 9.17) is 14.2 Å². The van der Waals surface area contributed by atoms with Crippen LogP contribution in [0, 0.1) is 0 Å². The van der Waals surface area contributed by atoms with Crippen molar-refractivity contribution in [1.29, 1.82) is 0 Å². The van der Waals surface area contributed by atoms with Crippen LogP contribution in [-0.4, -0.2) is 62.2 Å². The molecule has 1 rings (SSSR count). The lowest BCUT2D eigenvalue weighted by Crippen LogP contribution is -2.37. The molecule has 1 aliphatic rings. The molecule has 0 aliphatic carbocycles. The number of hydrogen-bond donors (Lipinski definition) is 1. The van der Waals surface area contributed by atoms with Gasteiger partial charge in [0.15, 0.2) is 0 Å². The first-order chi connectivity index (χ1) is 7.56. The maximum absolute atomic E-state index is 10.0. The summed E-state index contributed by atoms with van der Waals surface area (Å²) in [6.45, 7) is 4.35. The molecule has 16 heavy (non-hydrogen) atoms. The van der Waals surface area contributed by atoms with Crippen molar-refractivity contribution in [1.82, 2.24) is 0 Å². The van der Waals surface area contributed by atoms with Gasteiger partial charge in [0.2, 0.25) is 0 Å². The second kappa shape index (κ2) is 6.86. The van der Waals surface area contributed by atoms with Gasteiger partial charge in [-0.15, -0.1) is 11.8 Å². The predicted octanol–water partition coefficient (Wildman–Crippen LogP) is -0.164. The number of aliphatic hydroxyl groups is 1. The van der Waals surface area contributed by atoms with Gasteiger partial charge in [0.1, 0.15) is 26.2 Å². The molecule has 6 heteroatoms. The van der Waals surface area contributed by atoms with Crippen molar-refractivity contribution in [2.75, 3.05) is 18.8 Å². The van der Waals surface area contributed by atoms with E-state index in [1.165, 1.54) is 0 Å². The summed E-state index contributed by atoms with van der Waals surface area (Å²) in [4.78, 5) is 0. The van der Waals surface area contributed by atoms with Crippen LogP contribution >= 0.6 is 11.8 Å². The van der Waals surface area contributed by atoms with Crippen LogP contribution in [0.15, 0.2) is 0 Å². The van der Waals surface area contributed by atoms with Gasteiger partial charge in [-0.05, 0) is 20.1 Å². The van der Waals surface area contributed by atoms with Gasteiger partial charge in [0.05, 0.1) is 24.7 Å². The fourth-order valence-corrected chi connectivity index (χ4v) is 2.02. The zero-order valence-electron chi connectivity index (χ0n) is 10.4. The van der Waals surface area contributed by atoms with Crippen molar-refractivity contribution in [3.63, 3.8) is 0 Å². The molecule has 4 nitrogen and oxygen atoms in total. The minimum atomic E-state index is -0.596. The largest absolute Gasteiger partial charge is 0.388 e. The molecular weight excluding hydrogens is 227 g/mol. The summed E-state index contributed by atoms with van der Waals surface area (Å²) in [5.74, 6) is 0.577. The van der Waals surface area contributed by atoms with E-state index >= 15 is 0 Å². The van der Waals surface area contributed by atoms with Gasteiger partial charge in [0, 0.05) is 0 Å². The number of aliphatic hydroxyl groups excluding tert-OH is 1. The van der Waals surface area contributed by atoms with Gasteiger partial charge in [-0.1, -0.05) is 0 Å². The molecule has 1 fully saturated rings. The summed E-state index contributed by atoms with van der Waals surface area (Å²) in [6, 6.07) is -0.0806. The average Bonchev–Trinajstić information content (AvgIpc) is 2.49. The van der Waals surface area contributed by atoms with E-state index in [0.717, 1.165) is 0 Å². The Morgan fingerprint density at radius 2 is 2.19 bits per heavy atom. The van der Waals surface area contributed by atoms with Crippen LogP contribution in [0.2, 0.25) is 0 Å². The third-order valence-electron chi connectivity index (χ3n) is 2.54. The standard InChI is InChI=1S/C10H21BO4S/c1-6(2)13-4-7-8(12)9(10(11)15-7)14-5-16-3/h6-10,12H,4-5,11H2,1-3H3/t7-,8?,9?,10-/m1/s1. The van der Waals surface area contributed by atoms with Gasteiger partial charge in [-0.2, -0.15) is 0 Å². The van der Waals surface area contributed by atoms with Gasteiger partial charge < -0.3 is 19.3 Å². The van der Waals surface area contributed by atoms with E-state index in [-0.39, 0.29) is 24.3 Å². The Morgan fingerprint density at radius 1 is 1.50 bits per heavy atom. The topological polar surface area (TPSA) is 47.9 Å². The lowest BCUT2D eigenvalue weighted by atomic mass is 9.93. The number of thioether (sulfide) groups is 1. The molecule has 1 heterocycles. The average molecular weight is 248 g/mol. The number of hydrogen-bond acceptors (Lipinski definition) is 5. The first-order valence-electron chi connectivity index (χ1n) is 5.62. The molecule has 1 saturated heterocycles. The van der Waals surface area contributed by atoms with E-state index < -0.39 is 6.10 Å². The number of rotatable bonds is 6. The van der Waals surface area contributed by atoms with Crippen molar-refractivity contribution >= 4 is 19.6 Å². The van der Waals surface area contributed by atoms with E-state index in [2.05, 4.69) is 0 Å². The fraction of sp³-hybridized carbons (Fsp3) is 1.00. The second-order valence-electron chi connectivity index (χ2n) is 4.29. The zero-order chi connectivity index (χ0) is 12.1. The molecule has 0 saturated carbocycles. The van der Waals surface area contributed by atoms with E-state index in [9.17, 15) is 5.11 Å². The molecule has 94 valence electrons. The van der Waals surface area contributed by atoms with Crippen molar-refractivity contribution in [3.05, 3.63) is 0 Å². The third-order valence-corrected chi connectivity index (χ3v) is 2.91. The van der Waals surface area contributed by atoms with Crippen LogP contribution in [0.1, 0.15) is 13.8 Å². The maximum atomic E-state index is 10.0. The van der Waals surface area contributed by atoms with Gasteiger partial charge in [0.25, 0.3) is 0 Å². The summed E-state index contributed by atoms with van der Waals surface area (Å²) in [6.07, 6.45) is 1.00. The molecule has 0 aromatic rings. The van der Waals surface area contributed by atoms with Crippen LogP contribution in [0.4, 0.5) is 0 Å². The maximum Gasteiger partial charge on any atom is 0.142 e. The molecule has 2 unspecified atom stereocenters. The molecule has 0 bridgehead atoms. The Labute approximate surface area is 102 Å². The molecule has 0 aromatic carbocycles. The summed E-state index contributed by atoms with van der Waals surface area (Å²) in [5, 5.41) is 10.0. The highest BCUT2D eigenvalue weighted by Crippen LogP contribution is 2.23. The first kappa shape index (κ1) is 14.3. The smallest absolute Gasteiger partial charge is 0.142 e. The second-order valence-corrected chi connectivity index (χ2v) is 5.10. The van der Waals surface area contributed by atoms with Crippen LogP contribution in [0.3, 0.4) is 0 Å². The summed E-state index contributed by atoms with van der Waals surface area (Å²) < 4.78 is 16.6. The van der Waals surface area contributed by atoms with E-state index in [0.29, 0.717) is 12.5 Å². The van der Waals surface area contributed by atoms with Crippen molar-refractivity contribution in [3.8, 4) is 0 Å². The SMILES string of the molecule is B[C@@H]1O[C@H](COC(C)C)C(O)C1OCSC. The highest BCUT2D eigenvalue weighted by molar-refractivity contribution is 7.98. The van der Waals surface area contributed by atoms with Gasteiger partial charge >= 0.3 is 0 Å². The highest BCUT2D eigenvalue weighted by Gasteiger charge is 2.41. The van der Waals surface area contributed by atoms with Crippen molar-refractivity contribution in [2.24, 2.45) is 0 Å². The van der Waals surface area contributed by atoms with Gasteiger partial charge in [-0.3, -0.25) is 0 Å². The third kappa shape index (κ3) is 3.93. The van der Waals surface area contributed by atoms with Crippen LogP contribution in [0.5, 0.6) is 0 Å². The summed E-state index contributed by atoms with van der Waals surface area (Å²) in [5.41, 5.74) is 0. The Kier molecular flexibility index (Phi) is 6.14. The van der Waals surface area contributed by atoms with E-state index in [1.807, 2.05) is 27.9 Å². The molecule has 0 spiro atoms. The molecule has 1 N–H and O–H groups in total. The Hall–Kier alpha value is 0.255. The minimum Gasteiger partial charge on any atom is -0.388 e. The fourth-order valence-electron chi connectivity index (χ4n) is 1.73. The molecule has 0 radical (unpaired) electrons. The molecular formula is C10H21BO4S. The highest BCUT2D eigenvalue weighted by atomic mass is 32.2. The van der Waals surface area contributed by atoms with Crippen LogP contribution < -0.4 is 0 Å². The minimum absolute atomic E-state index is 0.0806. The predicted molar refractivity (Wildman–Crippen MR) is 67.6 cm³/mol. The summed E-state index contributed by atoms with van der Waals surface area (Å²) >= 11 is 1.59. The molecule has 1 aliphatic heterocycles. The molecule has 4 atom stereocenters. The first-order valence-corrected chi connectivity index (χ1v) is 7.01. The Balaban J connectivity index is 2.39. The summed E-state index contributed by atoms with van der Waals surface area (Å²) in [7, 11) is 1.92.